The molecule has 0 N–H and O–H groups in total. The van der Waals surface area contributed by atoms with Gasteiger partial charge >= 0.3 is 6.03 Å². The van der Waals surface area contributed by atoms with E-state index in [4.69, 9.17) is 14.2 Å². The van der Waals surface area contributed by atoms with Crippen molar-refractivity contribution in [1.29, 1.82) is 0 Å². The Morgan fingerprint density at radius 3 is 2.59 bits per heavy atom. The first kappa shape index (κ1) is 22.6. The topological polar surface area (TPSA) is 71.6 Å². The molecule has 0 aliphatic carbocycles. The molecule has 2 saturated heterocycles. The quantitative estimate of drug-likeness (QED) is 0.676. The van der Waals surface area contributed by atoms with E-state index in [1.807, 2.05) is 39.8 Å². The molecular weight excluding hydrogens is 434 g/mol. The number of likely N-dealkylation sites (N-methyl/N-ethyl adjacent to an activating group) is 1. The average molecular weight is 468 g/mol. The van der Waals surface area contributed by atoms with Gasteiger partial charge in [0.15, 0.2) is 6.10 Å². The van der Waals surface area contributed by atoms with Crippen LogP contribution in [0, 0.1) is 0 Å². The summed E-state index contributed by atoms with van der Waals surface area (Å²) in [6.45, 7) is 6.49. The van der Waals surface area contributed by atoms with Gasteiger partial charge in [0.25, 0.3) is 5.91 Å². The van der Waals surface area contributed by atoms with E-state index >= 15 is 0 Å². The van der Waals surface area contributed by atoms with Gasteiger partial charge in [0.2, 0.25) is 0 Å². The van der Waals surface area contributed by atoms with Gasteiger partial charge in [-0.05, 0) is 37.5 Å². The average Bonchev–Trinajstić information content (AvgIpc) is 3.42. The Morgan fingerprint density at radius 2 is 1.97 bits per heavy atom. The van der Waals surface area contributed by atoms with E-state index in [-0.39, 0.29) is 17.9 Å². The van der Waals surface area contributed by atoms with Crippen LogP contribution in [0.25, 0.3) is 0 Å². The molecule has 8 heteroatoms. The number of benzene rings is 1. The fourth-order valence-corrected chi connectivity index (χ4v) is 6.11. The van der Waals surface area contributed by atoms with E-state index in [1.165, 1.54) is 0 Å². The molecule has 4 aliphatic rings. The van der Waals surface area contributed by atoms with Gasteiger partial charge in [-0.3, -0.25) is 9.69 Å². The lowest BCUT2D eigenvalue weighted by atomic mass is 9.82. The maximum absolute atomic E-state index is 13.7. The predicted molar refractivity (Wildman–Crippen MR) is 127 cm³/mol. The zero-order valence-corrected chi connectivity index (χ0v) is 20.4. The van der Waals surface area contributed by atoms with E-state index < -0.39 is 11.6 Å². The third kappa shape index (κ3) is 3.34. The summed E-state index contributed by atoms with van der Waals surface area (Å²) in [6, 6.07) is 3.94. The highest BCUT2D eigenvalue weighted by Crippen LogP contribution is 2.49. The molecule has 3 amide bonds. The smallest absolute Gasteiger partial charge is 0.325 e. The van der Waals surface area contributed by atoms with Crippen molar-refractivity contribution in [3.63, 3.8) is 0 Å². The maximum atomic E-state index is 13.7. The van der Waals surface area contributed by atoms with Gasteiger partial charge in [-0.25, -0.2) is 4.79 Å². The van der Waals surface area contributed by atoms with Crippen molar-refractivity contribution in [2.45, 2.75) is 57.2 Å². The van der Waals surface area contributed by atoms with Crippen LogP contribution in [0.4, 0.5) is 4.79 Å². The van der Waals surface area contributed by atoms with Crippen LogP contribution in [0.2, 0.25) is 0 Å². The molecule has 0 radical (unpaired) electrons. The summed E-state index contributed by atoms with van der Waals surface area (Å²) in [5, 5.41) is 0. The van der Waals surface area contributed by atoms with Crippen LogP contribution in [0.1, 0.15) is 50.2 Å². The first-order valence-corrected chi connectivity index (χ1v) is 12.1. The molecule has 2 atom stereocenters. The molecule has 1 spiro atoms. The number of hydrogen-bond acceptors (Lipinski definition) is 5. The van der Waals surface area contributed by atoms with Crippen LogP contribution in [-0.2, 0) is 16.1 Å². The van der Waals surface area contributed by atoms with Crippen molar-refractivity contribution in [2.24, 2.45) is 0 Å². The van der Waals surface area contributed by atoms with Crippen molar-refractivity contribution in [3.05, 3.63) is 47.4 Å². The second-order valence-electron chi connectivity index (χ2n) is 9.45. The Morgan fingerprint density at radius 1 is 1.21 bits per heavy atom. The van der Waals surface area contributed by atoms with Crippen molar-refractivity contribution < 1.29 is 23.8 Å². The molecule has 182 valence electrons. The summed E-state index contributed by atoms with van der Waals surface area (Å²) in [7, 11) is 3.31. The summed E-state index contributed by atoms with van der Waals surface area (Å²) < 4.78 is 16.7. The van der Waals surface area contributed by atoms with Gasteiger partial charge in [-0.15, -0.1) is 0 Å². The largest absolute Gasteiger partial charge is 0.497 e. The summed E-state index contributed by atoms with van der Waals surface area (Å²) in [6.07, 6.45) is 7.37. The Bertz CT molecular complexity index is 1050. The number of carbonyl (C=O) groups is 2. The molecule has 1 unspecified atom stereocenters. The normalized spacial score (nSPS) is 25.0. The van der Waals surface area contributed by atoms with Gasteiger partial charge in [-0.1, -0.05) is 13.0 Å². The number of carbonyl (C=O) groups excluding carboxylic acids is 2. The predicted octanol–water partition coefficient (Wildman–Crippen LogP) is 3.63. The number of hydrogen-bond donors (Lipinski definition) is 0. The lowest BCUT2D eigenvalue weighted by Gasteiger charge is -2.44. The van der Waals surface area contributed by atoms with Crippen molar-refractivity contribution in [1.82, 2.24) is 14.7 Å². The number of nitrogens with zero attached hydrogens (tertiary/aromatic N) is 3. The second-order valence-corrected chi connectivity index (χ2v) is 9.45. The van der Waals surface area contributed by atoms with E-state index in [9.17, 15) is 9.59 Å². The van der Waals surface area contributed by atoms with Crippen molar-refractivity contribution in [3.8, 4) is 11.5 Å². The molecule has 5 rings (SSSR count). The van der Waals surface area contributed by atoms with Gasteiger partial charge in [0.1, 0.15) is 11.5 Å². The number of methoxy groups -OCH3 is 2. The van der Waals surface area contributed by atoms with Crippen molar-refractivity contribution in [2.75, 3.05) is 33.9 Å². The van der Waals surface area contributed by atoms with Gasteiger partial charge in [0.05, 0.1) is 32.6 Å². The molecule has 4 aliphatic heterocycles. The first-order valence-electron chi connectivity index (χ1n) is 12.1. The first-order chi connectivity index (χ1) is 16.4. The third-order valence-electron chi connectivity index (χ3n) is 7.78. The van der Waals surface area contributed by atoms with Crippen LogP contribution in [0.15, 0.2) is 36.2 Å². The van der Waals surface area contributed by atoms with E-state index in [0.717, 1.165) is 28.3 Å². The van der Waals surface area contributed by atoms with Crippen LogP contribution >= 0.6 is 0 Å². The summed E-state index contributed by atoms with van der Waals surface area (Å²) in [5.41, 5.74) is 2.77. The van der Waals surface area contributed by atoms with Gasteiger partial charge in [-0.2, -0.15) is 0 Å². The molecule has 4 heterocycles. The minimum Gasteiger partial charge on any atom is -0.497 e. The number of likely N-dealkylation sites (tertiary alicyclic amines) is 1. The minimum atomic E-state index is -0.412. The lowest BCUT2D eigenvalue weighted by molar-refractivity contribution is -0.141. The number of allylic oxidation sites excluding steroid dienone is 1. The summed E-state index contributed by atoms with van der Waals surface area (Å²) in [5.74, 6) is 1.60. The Balaban J connectivity index is 1.48. The van der Waals surface area contributed by atoms with Crippen molar-refractivity contribution >= 4 is 11.9 Å². The number of piperidine rings is 1. The number of urea groups is 1. The van der Waals surface area contributed by atoms with E-state index in [0.29, 0.717) is 45.4 Å². The van der Waals surface area contributed by atoms with Crippen LogP contribution in [0.5, 0.6) is 11.5 Å². The monoisotopic (exact) mass is 467 g/mol. The van der Waals surface area contributed by atoms with E-state index in [2.05, 4.69) is 13.0 Å². The molecule has 0 aromatic heterocycles. The number of amides is 3. The second kappa shape index (κ2) is 8.56. The standard InChI is InChI=1S/C26H33N3O5/c1-5-29-25(31)28-16-18-14-19(32-3)15-21(33-4)23(18)17(2)13-22(28)26(29)8-10-27(11-9-26)24(30)20-7-6-12-34-20/h6,12-15,17,20H,5,7-11,16H2,1-4H3/t17-,20?/m0/s1. The fraction of sp³-hybridized carbons (Fsp3) is 0.538. The summed E-state index contributed by atoms with van der Waals surface area (Å²) >= 11 is 0. The van der Waals surface area contributed by atoms with Gasteiger partial charge in [0, 0.05) is 49.3 Å². The Labute approximate surface area is 200 Å². The number of fused-ring (bicyclic) bond motifs is 3. The number of ether oxygens (including phenoxy) is 3. The highest BCUT2D eigenvalue weighted by atomic mass is 16.5. The molecule has 0 bridgehead atoms. The molecule has 8 nitrogen and oxygen atoms in total. The molecule has 34 heavy (non-hydrogen) atoms. The lowest BCUT2D eigenvalue weighted by Crippen LogP contribution is -2.55. The van der Waals surface area contributed by atoms with E-state index in [1.54, 1.807) is 20.5 Å². The molecule has 1 aromatic carbocycles. The van der Waals surface area contributed by atoms with Crippen LogP contribution in [0.3, 0.4) is 0 Å². The van der Waals surface area contributed by atoms with Gasteiger partial charge < -0.3 is 24.0 Å². The molecular formula is C26H33N3O5. The van der Waals surface area contributed by atoms with Crippen LogP contribution < -0.4 is 9.47 Å². The molecule has 2 fully saturated rings. The third-order valence-corrected chi connectivity index (χ3v) is 7.78. The minimum absolute atomic E-state index is 0.0266. The summed E-state index contributed by atoms with van der Waals surface area (Å²) in [4.78, 5) is 32.4. The Hall–Kier alpha value is -3.16. The zero-order chi connectivity index (χ0) is 24.0. The molecule has 1 aromatic rings. The highest BCUT2D eigenvalue weighted by Gasteiger charge is 2.55. The Kier molecular flexibility index (Phi) is 5.70. The zero-order valence-electron chi connectivity index (χ0n) is 20.4. The molecule has 0 saturated carbocycles. The number of rotatable bonds is 4. The van der Waals surface area contributed by atoms with Crippen LogP contribution in [-0.4, -0.2) is 72.1 Å². The fourth-order valence-electron chi connectivity index (χ4n) is 6.11. The highest BCUT2D eigenvalue weighted by molar-refractivity contribution is 5.84. The maximum Gasteiger partial charge on any atom is 0.325 e. The SMILES string of the molecule is CCN1C(=O)N2Cc3cc(OC)cc(OC)c3[C@@H](C)C=C2C12CCN(C(=O)C1CC=CO1)CC2.